The van der Waals surface area contributed by atoms with Gasteiger partial charge >= 0.3 is 0 Å². The van der Waals surface area contributed by atoms with Crippen molar-refractivity contribution in [2.75, 3.05) is 5.32 Å². The molecule has 0 spiro atoms. The molecular formula is C13H10ClN3O3. The molecule has 4 N–H and O–H groups in total. The lowest BCUT2D eigenvalue weighted by atomic mass is 10.2. The van der Waals surface area contributed by atoms with Gasteiger partial charge in [-0.1, -0.05) is 11.6 Å². The molecule has 2 rings (SSSR count). The highest BCUT2D eigenvalue weighted by Crippen LogP contribution is 2.23. The van der Waals surface area contributed by atoms with E-state index in [1.54, 1.807) is 0 Å². The van der Waals surface area contributed by atoms with E-state index in [-0.39, 0.29) is 21.8 Å². The van der Waals surface area contributed by atoms with Gasteiger partial charge in [0.1, 0.15) is 0 Å². The number of hydrogen-bond donors (Lipinski definition) is 3. The van der Waals surface area contributed by atoms with E-state index in [2.05, 4.69) is 10.3 Å². The van der Waals surface area contributed by atoms with Crippen molar-refractivity contribution < 1.29 is 9.59 Å². The number of anilines is 1. The average molecular weight is 292 g/mol. The van der Waals surface area contributed by atoms with Gasteiger partial charge in [0.15, 0.2) is 0 Å². The van der Waals surface area contributed by atoms with Crippen LogP contribution in [0.2, 0.25) is 5.02 Å². The third-order valence-electron chi connectivity index (χ3n) is 2.54. The van der Waals surface area contributed by atoms with Crippen LogP contribution in [0.4, 0.5) is 5.69 Å². The van der Waals surface area contributed by atoms with Crippen LogP contribution in [0.25, 0.3) is 0 Å². The topological polar surface area (TPSA) is 105 Å². The molecule has 0 fully saturated rings. The summed E-state index contributed by atoms with van der Waals surface area (Å²) >= 11 is 5.93. The fourth-order valence-electron chi connectivity index (χ4n) is 1.55. The molecule has 0 aliphatic rings. The lowest BCUT2D eigenvalue weighted by molar-refractivity contribution is 0.0996. The molecule has 0 saturated heterocycles. The smallest absolute Gasteiger partial charge is 0.255 e. The number of H-pyrrole nitrogens is 1. The second kappa shape index (κ2) is 5.58. The zero-order valence-corrected chi connectivity index (χ0v) is 10.9. The molecule has 0 aliphatic heterocycles. The van der Waals surface area contributed by atoms with Crippen molar-refractivity contribution in [3.63, 3.8) is 0 Å². The third-order valence-corrected chi connectivity index (χ3v) is 2.87. The zero-order chi connectivity index (χ0) is 14.7. The van der Waals surface area contributed by atoms with Crippen LogP contribution in [-0.4, -0.2) is 16.8 Å². The number of amides is 2. The van der Waals surface area contributed by atoms with Crippen molar-refractivity contribution in [3.8, 4) is 0 Å². The Morgan fingerprint density at radius 1 is 1.15 bits per heavy atom. The van der Waals surface area contributed by atoms with Crippen molar-refractivity contribution in [1.29, 1.82) is 0 Å². The predicted octanol–water partition coefficient (Wildman–Crippen LogP) is 1.38. The fourth-order valence-corrected chi connectivity index (χ4v) is 1.72. The molecule has 0 atom stereocenters. The van der Waals surface area contributed by atoms with Gasteiger partial charge in [-0.05, 0) is 24.3 Å². The molecule has 0 radical (unpaired) electrons. The molecule has 1 heterocycles. The molecule has 2 aromatic rings. The molecule has 2 amide bonds. The van der Waals surface area contributed by atoms with E-state index in [4.69, 9.17) is 17.3 Å². The second-order valence-electron chi connectivity index (χ2n) is 3.95. The van der Waals surface area contributed by atoms with Crippen LogP contribution >= 0.6 is 11.6 Å². The molecule has 20 heavy (non-hydrogen) atoms. The van der Waals surface area contributed by atoms with E-state index in [1.807, 2.05) is 0 Å². The molecule has 1 aromatic carbocycles. The number of carbonyl (C=O) groups is 2. The van der Waals surface area contributed by atoms with Gasteiger partial charge in [-0.3, -0.25) is 14.4 Å². The Morgan fingerprint density at radius 2 is 1.90 bits per heavy atom. The first-order valence-electron chi connectivity index (χ1n) is 5.57. The van der Waals surface area contributed by atoms with E-state index in [0.717, 1.165) is 6.07 Å². The van der Waals surface area contributed by atoms with Gasteiger partial charge in [-0.25, -0.2) is 0 Å². The van der Waals surface area contributed by atoms with Crippen molar-refractivity contribution in [2.45, 2.75) is 0 Å². The molecule has 102 valence electrons. The highest BCUT2D eigenvalue weighted by atomic mass is 35.5. The minimum atomic E-state index is -0.631. The highest BCUT2D eigenvalue weighted by molar-refractivity contribution is 6.34. The lowest BCUT2D eigenvalue weighted by Crippen LogP contribution is -2.17. The lowest BCUT2D eigenvalue weighted by Gasteiger charge is -2.08. The number of nitrogens with one attached hydrogen (secondary N) is 2. The Morgan fingerprint density at radius 3 is 2.55 bits per heavy atom. The monoisotopic (exact) mass is 291 g/mol. The average Bonchev–Trinajstić information content (AvgIpc) is 2.41. The first kappa shape index (κ1) is 13.8. The van der Waals surface area contributed by atoms with Crippen molar-refractivity contribution >= 4 is 29.1 Å². The van der Waals surface area contributed by atoms with E-state index >= 15 is 0 Å². The summed E-state index contributed by atoms with van der Waals surface area (Å²) < 4.78 is 0. The number of benzene rings is 1. The molecule has 0 saturated carbocycles. The van der Waals surface area contributed by atoms with E-state index in [9.17, 15) is 14.4 Å². The van der Waals surface area contributed by atoms with Gasteiger partial charge < -0.3 is 16.0 Å². The highest BCUT2D eigenvalue weighted by Gasteiger charge is 2.11. The number of halogens is 1. The standard InChI is InChI=1S/C13H10ClN3O3/c14-9-2-1-7(12(15)19)5-10(9)17-13(20)8-3-4-16-11(18)6-8/h1-6H,(H2,15,19)(H,16,18)(H,17,20). The molecule has 0 aliphatic carbocycles. The first-order valence-corrected chi connectivity index (χ1v) is 5.94. The maximum atomic E-state index is 12.0. The third kappa shape index (κ3) is 3.04. The molecular weight excluding hydrogens is 282 g/mol. The largest absolute Gasteiger partial charge is 0.366 e. The Labute approximate surface area is 118 Å². The summed E-state index contributed by atoms with van der Waals surface area (Å²) in [6.07, 6.45) is 1.36. The second-order valence-corrected chi connectivity index (χ2v) is 4.36. The van der Waals surface area contributed by atoms with Crippen LogP contribution in [0.5, 0.6) is 0 Å². The summed E-state index contributed by atoms with van der Waals surface area (Å²) in [4.78, 5) is 36.6. The quantitative estimate of drug-likeness (QED) is 0.795. The van der Waals surface area contributed by atoms with Crippen LogP contribution in [0, 0.1) is 0 Å². The van der Waals surface area contributed by atoms with E-state index in [1.165, 1.54) is 30.5 Å². The fraction of sp³-hybridized carbons (Fsp3) is 0. The Hall–Kier alpha value is -2.60. The molecule has 0 bridgehead atoms. The van der Waals surface area contributed by atoms with Crippen LogP contribution < -0.4 is 16.6 Å². The van der Waals surface area contributed by atoms with Crippen LogP contribution in [0.3, 0.4) is 0 Å². The summed E-state index contributed by atoms with van der Waals surface area (Å²) in [7, 11) is 0. The van der Waals surface area contributed by atoms with E-state index < -0.39 is 17.4 Å². The van der Waals surface area contributed by atoms with Gasteiger partial charge in [-0.15, -0.1) is 0 Å². The number of carbonyl (C=O) groups excluding carboxylic acids is 2. The summed E-state index contributed by atoms with van der Waals surface area (Å²) in [6, 6.07) is 6.88. The van der Waals surface area contributed by atoms with Crippen LogP contribution in [-0.2, 0) is 0 Å². The SMILES string of the molecule is NC(=O)c1ccc(Cl)c(NC(=O)c2cc[nH]c(=O)c2)c1. The molecule has 6 nitrogen and oxygen atoms in total. The number of hydrogen-bond acceptors (Lipinski definition) is 3. The Bertz CT molecular complexity index is 740. The summed E-state index contributed by atoms with van der Waals surface area (Å²) in [5, 5.41) is 2.78. The number of rotatable bonds is 3. The minimum absolute atomic E-state index is 0.175. The van der Waals surface area contributed by atoms with Gasteiger partial charge in [0.25, 0.3) is 5.91 Å². The summed E-state index contributed by atoms with van der Waals surface area (Å²) in [5.74, 6) is -1.15. The number of nitrogens with two attached hydrogens (primary N) is 1. The predicted molar refractivity (Wildman–Crippen MR) is 75.0 cm³/mol. The van der Waals surface area contributed by atoms with Gasteiger partial charge in [-0.2, -0.15) is 0 Å². The van der Waals surface area contributed by atoms with Gasteiger partial charge in [0.2, 0.25) is 11.5 Å². The first-order chi connectivity index (χ1) is 9.47. The normalized spacial score (nSPS) is 10.1. The van der Waals surface area contributed by atoms with Crippen LogP contribution in [0.1, 0.15) is 20.7 Å². The van der Waals surface area contributed by atoms with Gasteiger partial charge in [0.05, 0.1) is 10.7 Å². The maximum absolute atomic E-state index is 12.0. The number of aromatic nitrogens is 1. The zero-order valence-electron chi connectivity index (χ0n) is 10.1. The number of primary amides is 1. The minimum Gasteiger partial charge on any atom is -0.366 e. The number of aromatic amines is 1. The van der Waals surface area contributed by atoms with Crippen molar-refractivity contribution in [2.24, 2.45) is 5.73 Å². The van der Waals surface area contributed by atoms with E-state index in [0.29, 0.717) is 0 Å². The maximum Gasteiger partial charge on any atom is 0.255 e. The van der Waals surface area contributed by atoms with Crippen molar-refractivity contribution in [3.05, 3.63) is 63.0 Å². The summed E-state index contributed by atoms with van der Waals surface area (Å²) in [5.41, 5.74) is 5.40. The Kier molecular flexibility index (Phi) is 3.86. The van der Waals surface area contributed by atoms with Crippen molar-refractivity contribution in [1.82, 2.24) is 4.98 Å². The molecule has 7 heteroatoms. The van der Waals surface area contributed by atoms with Gasteiger partial charge in [0, 0.05) is 23.4 Å². The number of pyridine rings is 1. The Balaban J connectivity index is 2.30. The summed E-state index contributed by atoms with van der Waals surface area (Å²) in [6.45, 7) is 0. The molecule has 1 aromatic heterocycles. The molecule has 0 unspecified atom stereocenters. The van der Waals surface area contributed by atoms with Crippen LogP contribution in [0.15, 0.2) is 41.3 Å².